The highest BCUT2D eigenvalue weighted by atomic mass is 35.5. The number of nitrogens with one attached hydrogen (secondary N) is 3. The summed E-state index contributed by atoms with van der Waals surface area (Å²) in [5.41, 5.74) is 2.88. The van der Waals surface area contributed by atoms with Gasteiger partial charge in [-0.05, 0) is 118 Å². The molecule has 5 aromatic rings. The Morgan fingerprint density at radius 3 is 2.54 bits per heavy atom. The van der Waals surface area contributed by atoms with Gasteiger partial charge in [0.2, 0.25) is 0 Å². The highest BCUT2D eigenvalue weighted by molar-refractivity contribution is 7.90. The number of nitrogens with zero attached hydrogens (tertiary/aromatic N) is 4. The Morgan fingerprint density at radius 1 is 1.00 bits per heavy atom. The minimum Gasteiger partial charge on any atom is -0.455 e. The fraction of sp³-hybridized carbons (Fsp3) is 0.404. The number of pyridine rings is 1. The summed E-state index contributed by atoms with van der Waals surface area (Å²) in [6, 6.07) is 21.8. The van der Waals surface area contributed by atoms with Crippen LogP contribution in [0.25, 0.3) is 11.0 Å². The number of allylic oxidation sites excluding steroid dienone is 1. The Bertz CT molecular complexity index is 2540. The minimum atomic E-state index is -4.52. The highest BCUT2D eigenvalue weighted by Crippen LogP contribution is 2.37. The van der Waals surface area contributed by atoms with Gasteiger partial charge in [-0.15, -0.1) is 0 Å². The third kappa shape index (κ3) is 11.2. The summed E-state index contributed by atoms with van der Waals surface area (Å²) in [5.74, 6) is 1.95. The molecule has 0 unspecified atom stereocenters. The van der Waals surface area contributed by atoms with Crippen molar-refractivity contribution in [3.63, 3.8) is 0 Å². The van der Waals surface area contributed by atoms with Crippen LogP contribution in [0.5, 0.6) is 11.5 Å². The highest BCUT2D eigenvalue weighted by Gasteiger charge is 2.33. The molecule has 5 heterocycles. The lowest BCUT2D eigenvalue weighted by Crippen LogP contribution is -2.46. The van der Waals surface area contributed by atoms with Crippen molar-refractivity contribution in [2.75, 3.05) is 62.7 Å². The van der Waals surface area contributed by atoms with Crippen molar-refractivity contribution in [3.05, 3.63) is 124 Å². The Kier molecular flexibility index (Phi) is 14.0. The first-order valence-corrected chi connectivity index (χ1v) is 23.6. The molecule has 14 nitrogen and oxygen atoms in total. The average Bonchev–Trinajstić information content (AvgIpc) is 3.76. The summed E-state index contributed by atoms with van der Waals surface area (Å²) < 4.78 is 41.0. The van der Waals surface area contributed by atoms with Gasteiger partial charge < -0.3 is 29.6 Å². The number of benzene rings is 3. The smallest absolute Gasteiger partial charge is 0.293 e. The molecule has 2 bridgehead atoms. The summed E-state index contributed by atoms with van der Waals surface area (Å²) in [5, 5.41) is 16.7. The second-order valence-electron chi connectivity index (χ2n) is 17.1. The minimum absolute atomic E-state index is 0.00869. The van der Waals surface area contributed by atoms with E-state index in [0.29, 0.717) is 43.0 Å². The van der Waals surface area contributed by atoms with Crippen LogP contribution in [0.4, 0.5) is 17.1 Å². The number of anilines is 2. The van der Waals surface area contributed by atoms with Crippen LogP contribution in [0.3, 0.4) is 0 Å². The maximum absolute atomic E-state index is 13.8. The van der Waals surface area contributed by atoms with E-state index in [4.69, 9.17) is 21.1 Å². The third-order valence-corrected chi connectivity index (χ3v) is 14.3. The van der Waals surface area contributed by atoms with Gasteiger partial charge in [0.15, 0.2) is 0 Å². The lowest BCUT2D eigenvalue weighted by molar-refractivity contribution is -0.384. The van der Waals surface area contributed by atoms with Crippen LogP contribution in [0.2, 0.25) is 5.02 Å². The fourth-order valence-electron chi connectivity index (χ4n) is 9.13. The summed E-state index contributed by atoms with van der Waals surface area (Å²) in [6.45, 7) is 9.19. The van der Waals surface area contributed by atoms with Gasteiger partial charge in [0, 0.05) is 86.9 Å². The molecule has 2 aromatic heterocycles. The second-order valence-corrected chi connectivity index (χ2v) is 19.2. The molecule has 63 heavy (non-hydrogen) atoms. The molecule has 9 rings (SSSR count). The first-order valence-electron chi connectivity index (χ1n) is 21.7. The lowest BCUT2D eigenvalue weighted by Gasteiger charge is -2.43. The first kappa shape index (κ1) is 44.1. The normalized spacial score (nSPS) is 19.7. The molecular formula is C47H54ClN7O7S. The zero-order valence-electron chi connectivity index (χ0n) is 35.4. The quantitative estimate of drug-likeness (QED) is 0.0620. The Labute approximate surface area is 373 Å². The van der Waals surface area contributed by atoms with Crippen LogP contribution in [0, 0.1) is 33.8 Å². The van der Waals surface area contributed by atoms with Gasteiger partial charge in [-0.1, -0.05) is 41.4 Å². The standard InChI is InChI=1S/C41H49N7O7S.C6H5Cl/c1-27-2-3-30-18-32(27)26-46(25-30)24-29-9-14-47(15-10-29)33-4-6-36(39(20-33)55-34-19-31-8-13-42-40(31)44-23-34)41(49)45-56(52,53)35-5-7-37(38(21-35)48(50)51)43-22-28-11-16-54-17-12-28;7-6-4-2-1-3-5-6/h2,4-8,13,19-21,23,28-30,32,43H,3,9-12,14-18,22,24-26H2,1H3,(H,42,44)(H,45,49);1-5H/t30-,32+;/m0./s1. The Morgan fingerprint density at radius 2 is 1.79 bits per heavy atom. The van der Waals surface area contributed by atoms with Gasteiger partial charge in [0.05, 0.1) is 21.6 Å². The molecule has 4 aliphatic rings. The molecule has 0 radical (unpaired) electrons. The number of sulfonamides is 1. The van der Waals surface area contributed by atoms with E-state index >= 15 is 0 Å². The van der Waals surface area contributed by atoms with E-state index in [2.05, 4.69) is 42.8 Å². The van der Waals surface area contributed by atoms with Crippen LogP contribution in [-0.2, 0) is 14.8 Å². The molecule has 0 spiro atoms. The summed E-state index contributed by atoms with van der Waals surface area (Å²) in [6.07, 6.45) is 12.0. The SMILES string of the molecule is CC1=CC[C@H]2C[C@@H]1CN(CC1CCN(c3ccc(C(=O)NS(=O)(=O)c4ccc(NCC5CCOCC5)c([N+](=O)[O-])c4)c(Oc4cnc5[nH]ccc5c4)c3)CC1)C2.Clc1ccccc1. The molecule has 3 saturated heterocycles. The number of hydrogen-bond donors (Lipinski definition) is 3. The molecule has 332 valence electrons. The van der Waals surface area contributed by atoms with Gasteiger partial charge in [0.25, 0.3) is 21.6 Å². The van der Waals surface area contributed by atoms with E-state index in [-0.39, 0.29) is 22.9 Å². The maximum Gasteiger partial charge on any atom is 0.293 e. The number of amides is 1. The van der Waals surface area contributed by atoms with Gasteiger partial charge in [-0.3, -0.25) is 14.9 Å². The summed E-state index contributed by atoms with van der Waals surface area (Å²) in [7, 11) is -4.52. The molecule has 1 amide bonds. The van der Waals surface area contributed by atoms with Crippen molar-refractivity contribution < 1.29 is 27.6 Å². The van der Waals surface area contributed by atoms with E-state index < -0.39 is 31.4 Å². The van der Waals surface area contributed by atoms with Crippen LogP contribution >= 0.6 is 11.6 Å². The van der Waals surface area contributed by atoms with Gasteiger partial charge in [0.1, 0.15) is 22.8 Å². The number of carbonyl (C=O) groups excluding carboxylic acids is 1. The number of likely N-dealkylation sites (tertiary alicyclic amines) is 1. The largest absolute Gasteiger partial charge is 0.455 e. The van der Waals surface area contributed by atoms with Gasteiger partial charge >= 0.3 is 0 Å². The second kappa shape index (κ2) is 19.9. The van der Waals surface area contributed by atoms with Crippen LogP contribution in [0.1, 0.15) is 55.8 Å². The molecule has 2 atom stereocenters. The van der Waals surface area contributed by atoms with Crippen molar-refractivity contribution in [1.82, 2.24) is 19.6 Å². The number of ether oxygens (including phenoxy) is 2. The number of rotatable bonds is 12. The lowest BCUT2D eigenvalue weighted by atomic mass is 9.78. The van der Waals surface area contributed by atoms with E-state index in [0.717, 1.165) is 79.9 Å². The number of piperidine rings is 2. The summed E-state index contributed by atoms with van der Waals surface area (Å²) >= 11 is 5.54. The molecule has 3 fully saturated rings. The fourth-order valence-corrected chi connectivity index (χ4v) is 10.3. The molecule has 3 aliphatic heterocycles. The number of H-pyrrole nitrogens is 1. The van der Waals surface area contributed by atoms with Crippen LogP contribution < -0.4 is 19.7 Å². The number of halogens is 1. The van der Waals surface area contributed by atoms with Crippen molar-refractivity contribution in [3.8, 4) is 11.5 Å². The Hall–Kier alpha value is -5.48. The number of aromatic amines is 1. The molecule has 3 aromatic carbocycles. The monoisotopic (exact) mass is 895 g/mol. The van der Waals surface area contributed by atoms with Crippen molar-refractivity contribution in [2.24, 2.45) is 23.7 Å². The van der Waals surface area contributed by atoms with Gasteiger partial charge in [-0.2, -0.15) is 0 Å². The van der Waals surface area contributed by atoms with E-state index in [9.17, 15) is 23.3 Å². The van der Waals surface area contributed by atoms with Crippen molar-refractivity contribution in [1.29, 1.82) is 0 Å². The number of aromatic nitrogens is 2. The third-order valence-electron chi connectivity index (χ3n) is 12.7. The van der Waals surface area contributed by atoms with E-state index in [1.54, 1.807) is 30.0 Å². The molecule has 1 aliphatic carbocycles. The molecule has 16 heteroatoms. The van der Waals surface area contributed by atoms with Crippen LogP contribution in [-0.4, -0.2) is 86.6 Å². The van der Waals surface area contributed by atoms with Crippen LogP contribution in [0.15, 0.2) is 108 Å². The number of hydrogen-bond acceptors (Lipinski definition) is 11. The van der Waals surface area contributed by atoms with E-state index in [1.807, 2.05) is 42.5 Å². The number of nitro benzene ring substituents is 1. The maximum atomic E-state index is 13.8. The molecule has 3 N–H and O–H groups in total. The number of carbonyl (C=O) groups is 1. The Balaban J connectivity index is 0.000000710. The molecular weight excluding hydrogens is 842 g/mol. The molecule has 0 saturated carbocycles. The first-order chi connectivity index (χ1) is 30.5. The van der Waals surface area contributed by atoms with E-state index in [1.165, 1.54) is 37.7 Å². The average molecular weight is 897 g/mol. The topological polar surface area (TPSA) is 172 Å². The zero-order chi connectivity index (χ0) is 43.9. The number of fused-ring (bicyclic) bond motifs is 3. The van der Waals surface area contributed by atoms with Crippen molar-refractivity contribution in [2.45, 2.75) is 50.3 Å². The summed E-state index contributed by atoms with van der Waals surface area (Å²) in [4.78, 5) is 37.2. The van der Waals surface area contributed by atoms with Gasteiger partial charge in [-0.25, -0.2) is 18.1 Å². The number of nitro groups is 1. The zero-order valence-corrected chi connectivity index (χ0v) is 37.0. The predicted octanol–water partition coefficient (Wildman–Crippen LogP) is 9.07. The predicted molar refractivity (Wildman–Crippen MR) is 245 cm³/mol. The van der Waals surface area contributed by atoms with Crippen molar-refractivity contribution >= 4 is 55.6 Å².